The van der Waals surface area contributed by atoms with E-state index < -0.39 is 0 Å². The lowest BCUT2D eigenvalue weighted by atomic mass is 10.1. The Morgan fingerprint density at radius 2 is 1.70 bits per heavy atom. The molecule has 0 heterocycles. The van der Waals surface area contributed by atoms with E-state index >= 15 is 0 Å². The van der Waals surface area contributed by atoms with Crippen LogP contribution in [-0.2, 0) is 0 Å². The molecule has 1 aromatic rings. The molecule has 3 N–H and O–H groups in total. The van der Waals surface area contributed by atoms with Gasteiger partial charge in [0.15, 0.2) is 16.6 Å². The summed E-state index contributed by atoms with van der Waals surface area (Å²) in [5.74, 6) is 1.86. The van der Waals surface area contributed by atoms with Crippen molar-refractivity contribution in [3.05, 3.63) is 11.6 Å². The second kappa shape index (κ2) is 7.39. The van der Waals surface area contributed by atoms with Gasteiger partial charge in [0.1, 0.15) is 5.75 Å². The van der Waals surface area contributed by atoms with Crippen LogP contribution in [0.3, 0.4) is 0 Å². The number of methoxy groups -OCH3 is 4. The molecule has 0 radical (unpaired) electrons. The van der Waals surface area contributed by atoms with Crippen LogP contribution in [0.5, 0.6) is 23.0 Å². The molecule has 8 heteroatoms. The quantitative estimate of drug-likeness (QED) is 0.458. The summed E-state index contributed by atoms with van der Waals surface area (Å²) < 4.78 is 21.2. The average molecular weight is 299 g/mol. The van der Waals surface area contributed by atoms with Crippen molar-refractivity contribution in [1.82, 2.24) is 5.43 Å². The zero-order chi connectivity index (χ0) is 15.1. The molecule has 0 aromatic heterocycles. The number of benzene rings is 1. The fourth-order valence-corrected chi connectivity index (χ4v) is 1.66. The maximum Gasteiger partial charge on any atom is 0.204 e. The molecule has 7 nitrogen and oxygen atoms in total. The number of hydrogen-bond donors (Lipinski definition) is 2. The van der Waals surface area contributed by atoms with E-state index in [9.17, 15) is 0 Å². The van der Waals surface area contributed by atoms with Gasteiger partial charge in [-0.05, 0) is 12.2 Å². The minimum atomic E-state index is 0.0552. The van der Waals surface area contributed by atoms with E-state index in [0.29, 0.717) is 28.6 Å². The lowest BCUT2D eigenvalue weighted by Crippen LogP contribution is -2.24. The third-order valence-corrected chi connectivity index (χ3v) is 2.51. The van der Waals surface area contributed by atoms with Crippen molar-refractivity contribution in [1.29, 1.82) is 0 Å². The summed E-state index contributed by atoms with van der Waals surface area (Å²) >= 11 is 4.67. The molecule has 0 aliphatic rings. The van der Waals surface area contributed by atoms with Crippen LogP contribution >= 0.6 is 12.2 Å². The van der Waals surface area contributed by atoms with Crippen molar-refractivity contribution in [2.75, 3.05) is 28.4 Å². The van der Waals surface area contributed by atoms with Gasteiger partial charge in [0.05, 0.1) is 40.2 Å². The van der Waals surface area contributed by atoms with Gasteiger partial charge >= 0.3 is 0 Å². The Balaban J connectivity index is 3.38. The van der Waals surface area contributed by atoms with Gasteiger partial charge in [-0.1, -0.05) is 0 Å². The normalized spacial score (nSPS) is 10.2. The number of thiocarbonyl (C=S) groups is 1. The molecule has 20 heavy (non-hydrogen) atoms. The van der Waals surface area contributed by atoms with Crippen LogP contribution in [0, 0.1) is 0 Å². The van der Waals surface area contributed by atoms with E-state index in [2.05, 4.69) is 22.7 Å². The molecular weight excluding hydrogens is 282 g/mol. The highest BCUT2D eigenvalue weighted by atomic mass is 32.1. The minimum absolute atomic E-state index is 0.0552. The molecule has 1 rings (SSSR count). The van der Waals surface area contributed by atoms with E-state index in [1.54, 1.807) is 6.07 Å². The summed E-state index contributed by atoms with van der Waals surface area (Å²) in [6.07, 6.45) is 1.47. The number of hydrogen-bond acceptors (Lipinski definition) is 6. The van der Waals surface area contributed by atoms with Gasteiger partial charge in [-0.2, -0.15) is 5.10 Å². The second-order valence-electron chi connectivity index (χ2n) is 3.50. The lowest BCUT2D eigenvalue weighted by Gasteiger charge is -2.16. The van der Waals surface area contributed by atoms with Crippen molar-refractivity contribution in [3.8, 4) is 23.0 Å². The van der Waals surface area contributed by atoms with Gasteiger partial charge in [-0.3, -0.25) is 5.43 Å². The van der Waals surface area contributed by atoms with Gasteiger partial charge in [0.25, 0.3) is 0 Å². The van der Waals surface area contributed by atoms with E-state index in [1.807, 2.05) is 0 Å². The zero-order valence-corrected chi connectivity index (χ0v) is 12.5. The Labute approximate surface area is 122 Å². The first-order valence-corrected chi connectivity index (χ1v) is 5.95. The topological polar surface area (TPSA) is 87.3 Å². The maximum absolute atomic E-state index is 5.34. The van der Waals surface area contributed by atoms with Gasteiger partial charge in [-0.25, -0.2) is 0 Å². The van der Waals surface area contributed by atoms with Gasteiger partial charge < -0.3 is 24.7 Å². The monoisotopic (exact) mass is 299 g/mol. The molecule has 0 saturated carbocycles. The molecule has 0 fully saturated rings. The van der Waals surface area contributed by atoms with Crippen molar-refractivity contribution in [2.24, 2.45) is 10.8 Å². The number of ether oxygens (including phenoxy) is 4. The molecule has 1 aromatic carbocycles. The fraction of sp³-hybridized carbons (Fsp3) is 0.333. The molecular formula is C12H17N3O4S. The largest absolute Gasteiger partial charge is 0.496 e. The van der Waals surface area contributed by atoms with Crippen LogP contribution in [0.4, 0.5) is 0 Å². The van der Waals surface area contributed by atoms with Crippen LogP contribution in [-0.4, -0.2) is 39.8 Å². The first kappa shape index (κ1) is 15.8. The Morgan fingerprint density at radius 3 is 2.15 bits per heavy atom. The van der Waals surface area contributed by atoms with Crippen LogP contribution in [0.2, 0.25) is 0 Å². The van der Waals surface area contributed by atoms with Gasteiger partial charge in [-0.15, -0.1) is 0 Å². The summed E-state index contributed by atoms with van der Waals surface area (Å²) in [6.45, 7) is 0. The van der Waals surface area contributed by atoms with Gasteiger partial charge in [0, 0.05) is 6.07 Å². The molecule has 0 aliphatic carbocycles. The SMILES string of the molecule is COc1cc(OC)c(OC)c(OC)c1C=NNC(N)=S. The Bertz CT molecular complexity index is 520. The highest BCUT2D eigenvalue weighted by molar-refractivity contribution is 7.80. The van der Waals surface area contributed by atoms with E-state index in [4.69, 9.17) is 24.7 Å². The average Bonchev–Trinajstić information content (AvgIpc) is 2.45. The Morgan fingerprint density at radius 1 is 1.10 bits per heavy atom. The van der Waals surface area contributed by atoms with Crippen LogP contribution in [0.15, 0.2) is 11.2 Å². The first-order valence-electron chi connectivity index (χ1n) is 5.54. The van der Waals surface area contributed by atoms with E-state index in [-0.39, 0.29) is 5.11 Å². The summed E-state index contributed by atoms with van der Waals surface area (Å²) in [6, 6.07) is 1.67. The predicted octanol–water partition coefficient (Wildman–Crippen LogP) is 0.888. The van der Waals surface area contributed by atoms with Crippen LogP contribution in [0.1, 0.15) is 5.56 Å². The molecule has 0 amide bonds. The predicted molar refractivity (Wildman–Crippen MR) is 80.2 cm³/mol. The second-order valence-corrected chi connectivity index (χ2v) is 3.94. The highest BCUT2D eigenvalue weighted by Gasteiger charge is 2.20. The lowest BCUT2D eigenvalue weighted by molar-refractivity contribution is 0.318. The van der Waals surface area contributed by atoms with Crippen LogP contribution in [0.25, 0.3) is 0 Å². The number of rotatable bonds is 6. The number of hydrazone groups is 1. The molecule has 0 aliphatic heterocycles. The van der Waals surface area contributed by atoms with Crippen molar-refractivity contribution >= 4 is 23.5 Å². The molecule has 0 bridgehead atoms. The number of nitrogens with zero attached hydrogens (tertiary/aromatic N) is 1. The zero-order valence-electron chi connectivity index (χ0n) is 11.7. The standard InChI is InChI=1S/C12H17N3O4S/c1-16-8-5-9(17-2)11(19-4)10(18-3)7(8)6-14-15-12(13)20/h5-6H,1-4H3,(H3,13,15,20). The molecule has 0 saturated heterocycles. The van der Waals surface area contributed by atoms with Crippen LogP contribution < -0.4 is 30.1 Å². The van der Waals surface area contributed by atoms with Crippen molar-refractivity contribution in [3.63, 3.8) is 0 Å². The molecule has 0 atom stereocenters. The summed E-state index contributed by atoms with van der Waals surface area (Å²) in [7, 11) is 6.08. The van der Waals surface area contributed by atoms with Crippen molar-refractivity contribution < 1.29 is 18.9 Å². The molecule has 110 valence electrons. The molecule has 0 spiro atoms. The summed E-state index contributed by atoms with van der Waals surface area (Å²) in [4.78, 5) is 0. The maximum atomic E-state index is 5.34. The Kier molecular flexibility index (Phi) is 5.85. The van der Waals surface area contributed by atoms with E-state index in [0.717, 1.165) is 0 Å². The summed E-state index contributed by atoms with van der Waals surface area (Å²) in [5, 5.41) is 3.95. The third-order valence-electron chi connectivity index (χ3n) is 2.42. The smallest absolute Gasteiger partial charge is 0.204 e. The minimum Gasteiger partial charge on any atom is -0.496 e. The number of nitrogens with two attached hydrogens (primary N) is 1. The van der Waals surface area contributed by atoms with Crippen molar-refractivity contribution in [2.45, 2.75) is 0 Å². The van der Waals surface area contributed by atoms with Gasteiger partial charge in [0.2, 0.25) is 5.75 Å². The third kappa shape index (κ3) is 3.41. The molecule has 0 unspecified atom stereocenters. The number of nitrogens with one attached hydrogen (secondary N) is 1. The Hall–Kier alpha value is -2.22. The fourth-order valence-electron chi connectivity index (χ4n) is 1.61. The van der Waals surface area contributed by atoms with E-state index in [1.165, 1.54) is 34.7 Å². The first-order chi connectivity index (χ1) is 9.58. The highest BCUT2D eigenvalue weighted by Crippen LogP contribution is 2.44. The summed E-state index contributed by atoms with van der Waals surface area (Å²) in [5.41, 5.74) is 8.32.